The summed E-state index contributed by atoms with van der Waals surface area (Å²) in [6.07, 6.45) is 0. The molecule has 11 aromatic rings. The van der Waals surface area contributed by atoms with Gasteiger partial charge in [0.05, 0.1) is 0 Å². The predicted octanol–water partition coefficient (Wildman–Crippen LogP) is 17.4. The Morgan fingerprint density at radius 2 is 0.443 bits per heavy atom. The second-order valence-corrected chi connectivity index (χ2v) is 16.8. The molecule has 10 aromatic carbocycles. The van der Waals surface area contributed by atoms with Crippen molar-refractivity contribution in [1.29, 1.82) is 0 Å². The minimum absolute atomic E-state index is 1.21. The standard InChI is InChI=1S/C60H40S/c1-5-17-41(18-6-1)47-33-48(42-19-7-2-8-20-42)36-51(35-47)55-27-15-13-25-53(55)45-29-31-59-57(39-45)58-40-46(30-32-60(58)61-59)54-26-14-16-28-56(54)52-37-49(43-21-9-3-10-22-43)34-50(38-52)44-23-11-4-12-24-44/h1-40H. The van der Waals surface area contributed by atoms with E-state index in [4.69, 9.17) is 0 Å². The molecule has 0 N–H and O–H groups in total. The molecule has 0 saturated carbocycles. The van der Waals surface area contributed by atoms with Gasteiger partial charge in [-0.25, -0.2) is 0 Å². The van der Waals surface area contributed by atoms with E-state index in [-0.39, 0.29) is 0 Å². The summed E-state index contributed by atoms with van der Waals surface area (Å²) in [7, 11) is 0. The van der Waals surface area contributed by atoms with Gasteiger partial charge in [-0.15, -0.1) is 11.3 Å². The van der Waals surface area contributed by atoms with Crippen LogP contribution in [0.2, 0.25) is 0 Å². The van der Waals surface area contributed by atoms with Crippen LogP contribution in [-0.4, -0.2) is 0 Å². The third-order valence-electron chi connectivity index (χ3n) is 11.9. The Bertz CT molecular complexity index is 2990. The van der Waals surface area contributed by atoms with E-state index in [1.54, 1.807) is 0 Å². The van der Waals surface area contributed by atoms with Crippen LogP contribution in [-0.2, 0) is 0 Å². The molecule has 0 amide bonds. The fourth-order valence-corrected chi connectivity index (χ4v) is 9.91. The number of benzene rings is 10. The zero-order valence-corrected chi connectivity index (χ0v) is 34.3. The Morgan fingerprint density at radius 3 is 0.754 bits per heavy atom. The molecular formula is C60H40S. The molecule has 0 fully saturated rings. The van der Waals surface area contributed by atoms with E-state index >= 15 is 0 Å². The molecule has 0 spiro atoms. The third-order valence-corrected chi connectivity index (χ3v) is 13.0. The normalized spacial score (nSPS) is 11.3. The molecule has 11 rings (SSSR count). The van der Waals surface area contributed by atoms with Crippen LogP contribution in [0.15, 0.2) is 243 Å². The Hall–Kier alpha value is -7.58. The average molecular weight is 793 g/mol. The minimum atomic E-state index is 1.21. The van der Waals surface area contributed by atoms with Crippen LogP contribution in [0.4, 0.5) is 0 Å². The summed E-state index contributed by atoms with van der Waals surface area (Å²) in [5.41, 5.74) is 19.4. The smallest absolute Gasteiger partial charge is 0.0355 e. The van der Waals surface area contributed by atoms with Crippen LogP contribution in [0.3, 0.4) is 0 Å². The first kappa shape index (κ1) is 36.5. The van der Waals surface area contributed by atoms with E-state index in [9.17, 15) is 0 Å². The van der Waals surface area contributed by atoms with Gasteiger partial charge in [-0.05, 0) is 150 Å². The summed E-state index contributed by atoms with van der Waals surface area (Å²) < 4.78 is 2.59. The molecule has 0 aliphatic heterocycles. The lowest BCUT2D eigenvalue weighted by molar-refractivity contribution is 1.56. The van der Waals surface area contributed by atoms with Crippen LogP contribution >= 0.6 is 11.3 Å². The highest BCUT2D eigenvalue weighted by molar-refractivity contribution is 7.25. The summed E-state index contributed by atoms with van der Waals surface area (Å²) in [4.78, 5) is 0. The first-order chi connectivity index (χ1) is 30.2. The highest BCUT2D eigenvalue weighted by Crippen LogP contribution is 2.44. The lowest BCUT2D eigenvalue weighted by Crippen LogP contribution is -1.89. The molecular weight excluding hydrogens is 753 g/mol. The van der Waals surface area contributed by atoms with E-state index in [0.29, 0.717) is 0 Å². The lowest BCUT2D eigenvalue weighted by atomic mass is 9.89. The number of rotatable bonds is 8. The quantitative estimate of drug-likeness (QED) is 0.144. The van der Waals surface area contributed by atoms with Crippen LogP contribution in [0.25, 0.3) is 109 Å². The molecule has 286 valence electrons. The van der Waals surface area contributed by atoms with Crippen molar-refractivity contribution in [3.05, 3.63) is 243 Å². The molecule has 1 aromatic heterocycles. The molecule has 0 nitrogen and oxygen atoms in total. The van der Waals surface area contributed by atoms with E-state index in [1.165, 1.54) is 109 Å². The van der Waals surface area contributed by atoms with Gasteiger partial charge in [-0.2, -0.15) is 0 Å². The molecule has 0 aliphatic carbocycles. The Morgan fingerprint density at radius 1 is 0.180 bits per heavy atom. The average Bonchev–Trinajstić information content (AvgIpc) is 3.72. The van der Waals surface area contributed by atoms with Gasteiger partial charge in [-0.1, -0.05) is 182 Å². The first-order valence-electron chi connectivity index (χ1n) is 20.9. The number of fused-ring (bicyclic) bond motifs is 3. The largest absolute Gasteiger partial charge is 0.135 e. The highest BCUT2D eigenvalue weighted by atomic mass is 32.1. The van der Waals surface area contributed by atoms with E-state index in [2.05, 4.69) is 243 Å². The molecule has 0 radical (unpaired) electrons. The zero-order chi connectivity index (χ0) is 40.5. The van der Waals surface area contributed by atoms with Crippen LogP contribution < -0.4 is 0 Å². The summed E-state index contributed by atoms with van der Waals surface area (Å²) in [5, 5.41) is 2.57. The van der Waals surface area contributed by atoms with Crippen LogP contribution in [0.5, 0.6) is 0 Å². The SMILES string of the molecule is c1ccc(-c2cc(-c3ccccc3)cc(-c3ccccc3-c3ccc4sc5ccc(-c6ccccc6-c6cc(-c7ccccc7)cc(-c7ccccc7)c6)cc5c4c3)c2)cc1. The molecule has 1 heteroatoms. The van der Waals surface area contributed by atoms with Gasteiger partial charge in [0.25, 0.3) is 0 Å². The van der Waals surface area contributed by atoms with E-state index < -0.39 is 0 Å². The minimum Gasteiger partial charge on any atom is -0.135 e. The van der Waals surface area contributed by atoms with Gasteiger partial charge in [-0.3, -0.25) is 0 Å². The first-order valence-corrected chi connectivity index (χ1v) is 21.7. The van der Waals surface area contributed by atoms with Gasteiger partial charge in [0, 0.05) is 20.2 Å². The van der Waals surface area contributed by atoms with Gasteiger partial charge < -0.3 is 0 Å². The monoisotopic (exact) mass is 792 g/mol. The van der Waals surface area contributed by atoms with E-state index in [1.807, 2.05) is 11.3 Å². The maximum Gasteiger partial charge on any atom is 0.0355 e. The summed E-state index contributed by atoms with van der Waals surface area (Å²) >= 11 is 1.87. The zero-order valence-electron chi connectivity index (χ0n) is 33.5. The van der Waals surface area contributed by atoms with Gasteiger partial charge in [0.15, 0.2) is 0 Å². The van der Waals surface area contributed by atoms with Crippen LogP contribution in [0.1, 0.15) is 0 Å². The van der Waals surface area contributed by atoms with Crippen LogP contribution in [0, 0.1) is 0 Å². The molecule has 0 atom stereocenters. The van der Waals surface area contributed by atoms with Crippen molar-refractivity contribution in [2.24, 2.45) is 0 Å². The van der Waals surface area contributed by atoms with Crippen molar-refractivity contribution in [3.63, 3.8) is 0 Å². The Kier molecular flexibility index (Phi) is 9.50. The Labute approximate surface area is 361 Å². The second kappa shape index (κ2) is 15.9. The molecule has 1 heterocycles. The summed E-state index contributed by atoms with van der Waals surface area (Å²) in [6, 6.07) is 88.7. The molecule has 0 aliphatic rings. The van der Waals surface area contributed by atoms with Gasteiger partial charge in [0.2, 0.25) is 0 Å². The lowest BCUT2D eigenvalue weighted by Gasteiger charge is -2.15. The van der Waals surface area contributed by atoms with Crippen molar-refractivity contribution in [2.45, 2.75) is 0 Å². The van der Waals surface area contributed by atoms with E-state index in [0.717, 1.165) is 0 Å². The fraction of sp³-hybridized carbons (Fsp3) is 0. The number of thiophene rings is 1. The number of hydrogen-bond donors (Lipinski definition) is 0. The summed E-state index contributed by atoms with van der Waals surface area (Å²) in [6.45, 7) is 0. The van der Waals surface area contributed by atoms with Crippen molar-refractivity contribution < 1.29 is 0 Å². The van der Waals surface area contributed by atoms with Crippen molar-refractivity contribution in [3.8, 4) is 89.0 Å². The third kappa shape index (κ3) is 7.16. The van der Waals surface area contributed by atoms with Gasteiger partial charge in [0.1, 0.15) is 0 Å². The fourth-order valence-electron chi connectivity index (χ4n) is 8.84. The molecule has 0 unspecified atom stereocenters. The summed E-state index contributed by atoms with van der Waals surface area (Å²) in [5.74, 6) is 0. The topological polar surface area (TPSA) is 0 Å². The predicted molar refractivity (Wildman–Crippen MR) is 263 cm³/mol. The van der Waals surface area contributed by atoms with Crippen molar-refractivity contribution >= 4 is 31.5 Å². The number of hydrogen-bond acceptors (Lipinski definition) is 1. The molecule has 0 bridgehead atoms. The highest BCUT2D eigenvalue weighted by Gasteiger charge is 2.16. The van der Waals surface area contributed by atoms with Crippen molar-refractivity contribution in [1.82, 2.24) is 0 Å². The molecule has 61 heavy (non-hydrogen) atoms. The van der Waals surface area contributed by atoms with Gasteiger partial charge >= 0.3 is 0 Å². The maximum atomic E-state index is 2.41. The molecule has 0 saturated heterocycles. The Balaban J connectivity index is 1.03. The second-order valence-electron chi connectivity index (χ2n) is 15.7. The maximum absolute atomic E-state index is 2.41. The van der Waals surface area contributed by atoms with Crippen molar-refractivity contribution in [2.75, 3.05) is 0 Å².